The average molecular weight is 280 g/mol. The van der Waals surface area contributed by atoms with E-state index < -0.39 is 0 Å². The molecule has 3 nitrogen and oxygen atoms in total. The van der Waals surface area contributed by atoms with Crippen molar-refractivity contribution in [3.05, 3.63) is 65.0 Å². The third kappa shape index (κ3) is 2.82. The van der Waals surface area contributed by atoms with E-state index in [0.717, 1.165) is 25.0 Å². The van der Waals surface area contributed by atoms with E-state index in [1.165, 1.54) is 11.1 Å². The van der Waals surface area contributed by atoms with Gasteiger partial charge < -0.3 is 4.90 Å². The molecule has 2 aromatic rings. The molecule has 0 spiro atoms. The Morgan fingerprint density at radius 2 is 1.90 bits per heavy atom. The van der Waals surface area contributed by atoms with Crippen LogP contribution in [0.5, 0.6) is 0 Å². The molecule has 21 heavy (non-hydrogen) atoms. The Balaban J connectivity index is 1.77. The quantitative estimate of drug-likeness (QED) is 0.847. The Hall–Kier alpha value is -2.16. The molecule has 0 saturated carbocycles. The monoisotopic (exact) mass is 280 g/mol. The summed E-state index contributed by atoms with van der Waals surface area (Å²) in [6.45, 7) is 1.91. The minimum atomic E-state index is 0.0167. The molecule has 1 aliphatic rings. The van der Waals surface area contributed by atoms with Gasteiger partial charge in [0, 0.05) is 18.8 Å². The summed E-state index contributed by atoms with van der Waals surface area (Å²) in [6, 6.07) is 14.4. The first-order valence-electron chi connectivity index (χ1n) is 7.43. The highest BCUT2D eigenvalue weighted by molar-refractivity contribution is 5.92. The van der Waals surface area contributed by atoms with Crippen LogP contribution in [0, 0.1) is 6.92 Å². The van der Waals surface area contributed by atoms with Gasteiger partial charge in [0.25, 0.3) is 5.91 Å². The topological polar surface area (TPSA) is 33.2 Å². The van der Waals surface area contributed by atoms with Crippen LogP contribution in [0.15, 0.2) is 42.5 Å². The molecule has 0 fully saturated rings. The fraction of sp³-hybridized carbons (Fsp3) is 0.333. The Morgan fingerprint density at radius 3 is 2.67 bits per heavy atom. The second kappa shape index (κ2) is 5.68. The summed E-state index contributed by atoms with van der Waals surface area (Å²) in [5.41, 5.74) is 4.20. The lowest BCUT2D eigenvalue weighted by molar-refractivity contribution is 0.0712. The second-order valence-corrected chi connectivity index (χ2v) is 5.75. The first-order valence-corrected chi connectivity index (χ1v) is 7.43. The number of pyridine rings is 1. The van der Waals surface area contributed by atoms with Gasteiger partial charge in [-0.25, -0.2) is 4.98 Å². The predicted molar refractivity (Wildman–Crippen MR) is 83.3 cm³/mol. The molecule has 1 atom stereocenters. The van der Waals surface area contributed by atoms with E-state index in [2.05, 4.69) is 29.2 Å². The van der Waals surface area contributed by atoms with E-state index in [0.29, 0.717) is 5.69 Å². The van der Waals surface area contributed by atoms with Crippen molar-refractivity contribution in [1.29, 1.82) is 0 Å². The zero-order chi connectivity index (χ0) is 14.8. The van der Waals surface area contributed by atoms with Crippen LogP contribution in [0.25, 0.3) is 0 Å². The average Bonchev–Trinajstić information content (AvgIpc) is 2.53. The molecular formula is C18H20N2O. The Kier molecular flexibility index (Phi) is 3.74. The molecule has 1 aromatic heterocycles. The van der Waals surface area contributed by atoms with Gasteiger partial charge in [-0.3, -0.25) is 4.79 Å². The molecule has 0 N–H and O–H groups in total. The summed E-state index contributed by atoms with van der Waals surface area (Å²) >= 11 is 0. The van der Waals surface area contributed by atoms with Gasteiger partial charge in [0.1, 0.15) is 5.69 Å². The van der Waals surface area contributed by atoms with Crippen LogP contribution >= 0.6 is 0 Å². The molecular weight excluding hydrogens is 260 g/mol. The van der Waals surface area contributed by atoms with Gasteiger partial charge in [0.05, 0.1) is 0 Å². The molecule has 0 radical (unpaired) electrons. The summed E-state index contributed by atoms with van der Waals surface area (Å²) < 4.78 is 0. The van der Waals surface area contributed by atoms with Crippen molar-refractivity contribution in [3.63, 3.8) is 0 Å². The summed E-state index contributed by atoms with van der Waals surface area (Å²) in [6.07, 6.45) is 3.00. The van der Waals surface area contributed by atoms with Gasteiger partial charge in [-0.2, -0.15) is 0 Å². The number of likely N-dealkylation sites (N-methyl/N-ethyl adjacent to an activating group) is 1. The normalized spacial score (nSPS) is 17.1. The van der Waals surface area contributed by atoms with Gasteiger partial charge in [-0.15, -0.1) is 0 Å². The molecule has 1 aromatic carbocycles. The first kappa shape index (κ1) is 13.8. The number of hydrogen-bond acceptors (Lipinski definition) is 2. The Morgan fingerprint density at radius 1 is 1.14 bits per heavy atom. The molecule has 1 amide bonds. The van der Waals surface area contributed by atoms with Gasteiger partial charge in [-0.1, -0.05) is 30.3 Å². The Labute approximate surface area is 125 Å². The van der Waals surface area contributed by atoms with Crippen LogP contribution in [0.1, 0.15) is 33.7 Å². The lowest BCUT2D eigenvalue weighted by Crippen LogP contribution is -2.41. The van der Waals surface area contributed by atoms with Crippen molar-refractivity contribution < 1.29 is 4.79 Å². The summed E-state index contributed by atoms with van der Waals surface area (Å²) in [5.74, 6) is 0.0167. The summed E-state index contributed by atoms with van der Waals surface area (Å²) in [5, 5.41) is 0. The summed E-state index contributed by atoms with van der Waals surface area (Å²) in [7, 11) is 1.89. The van der Waals surface area contributed by atoms with Crippen LogP contribution in [0.4, 0.5) is 0 Å². The molecule has 0 bridgehead atoms. The fourth-order valence-electron chi connectivity index (χ4n) is 3.02. The fourth-order valence-corrected chi connectivity index (χ4v) is 3.02. The number of fused-ring (bicyclic) bond motifs is 1. The molecule has 1 aliphatic carbocycles. The van der Waals surface area contributed by atoms with Crippen LogP contribution < -0.4 is 0 Å². The number of amides is 1. The number of aromatic nitrogens is 1. The first-order chi connectivity index (χ1) is 10.1. The number of rotatable bonds is 2. The third-order valence-electron chi connectivity index (χ3n) is 4.30. The number of nitrogens with zero attached hydrogens (tertiary/aromatic N) is 2. The minimum Gasteiger partial charge on any atom is -0.337 e. The highest BCUT2D eigenvalue weighted by Crippen LogP contribution is 2.24. The number of carbonyl (C=O) groups is 1. The maximum absolute atomic E-state index is 12.6. The highest BCUT2D eigenvalue weighted by Gasteiger charge is 2.26. The lowest BCUT2D eigenvalue weighted by atomic mass is 9.87. The molecule has 3 rings (SSSR count). The lowest BCUT2D eigenvalue weighted by Gasteiger charge is -2.32. The second-order valence-electron chi connectivity index (χ2n) is 5.75. The molecule has 1 heterocycles. The number of hydrogen-bond donors (Lipinski definition) is 0. The van der Waals surface area contributed by atoms with Crippen molar-refractivity contribution >= 4 is 5.91 Å². The standard InChI is InChI=1S/C18H20N2O/c1-13-6-5-9-17(19-13)18(21)20(2)16-11-10-14-7-3-4-8-15(14)12-16/h3-9,16H,10-12H2,1-2H3/t16-/m0/s1. The smallest absolute Gasteiger partial charge is 0.272 e. The third-order valence-corrected chi connectivity index (χ3v) is 4.30. The predicted octanol–water partition coefficient (Wildman–Crippen LogP) is 3.02. The SMILES string of the molecule is Cc1cccc(C(=O)N(C)[C@H]2CCc3ccccc3C2)n1. The maximum atomic E-state index is 12.6. The van der Waals surface area contributed by atoms with Gasteiger partial charge in [0.15, 0.2) is 0 Å². The van der Waals surface area contributed by atoms with Crippen LogP contribution in [0.3, 0.4) is 0 Å². The molecule has 0 aliphatic heterocycles. The largest absolute Gasteiger partial charge is 0.337 e. The van der Waals surface area contributed by atoms with Crippen LogP contribution in [-0.2, 0) is 12.8 Å². The van der Waals surface area contributed by atoms with Gasteiger partial charge >= 0.3 is 0 Å². The zero-order valence-corrected chi connectivity index (χ0v) is 12.5. The summed E-state index contributed by atoms with van der Waals surface area (Å²) in [4.78, 5) is 18.8. The molecule has 0 saturated heterocycles. The van der Waals surface area contributed by atoms with E-state index >= 15 is 0 Å². The van der Waals surface area contributed by atoms with E-state index in [4.69, 9.17) is 0 Å². The van der Waals surface area contributed by atoms with Crippen molar-refractivity contribution in [2.75, 3.05) is 7.05 Å². The van der Waals surface area contributed by atoms with E-state index in [9.17, 15) is 4.79 Å². The van der Waals surface area contributed by atoms with Gasteiger partial charge in [-0.05, 0) is 49.4 Å². The Bertz CT molecular complexity index is 666. The highest BCUT2D eigenvalue weighted by atomic mass is 16.2. The van der Waals surface area contributed by atoms with Crippen molar-refractivity contribution in [1.82, 2.24) is 9.88 Å². The molecule has 3 heteroatoms. The maximum Gasteiger partial charge on any atom is 0.272 e. The van der Waals surface area contributed by atoms with Crippen molar-refractivity contribution in [2.45, 2.75) is 32.2 Å². The van der Waals surface area contributed by atoms with E-state index in [1.807, 2.05) is 31.0 Å². The number of carbonyl (C=O) groups excluding carboxylic acids is 1. The van der Waals surface area contributed by atoms with Gasteiger partial charge in [0.2, 0.25) is 0 Å². The van der Waals surface area contributed by atoms with Crippen LogP contribution in [-0.4, -0.2) is 28.9 Å². The van der Waals surface area contributed by atoms with Crippen molar-refractivity contribution in [2.24, 2.45) is 0 Å². The minimum absolute atomic E-state index is 0.0167. The molecule has 0 unspecified atom stereocenters. The number of benzene rings is 1. The van der Waals surface area contributed by atoms with Crippen molar-refractivity contribution in [3.8, 4) is 0 Å². The van der Waals surface area contributed by atoms with E-state index in [-0.39, 0.29) is 11.9 Å². The number of aryl methyl sites for hydroxylation is 2. The zero-order valence-electron chi connectivity index (χ0n) is 12.5. The van der Waals surface area contributed by atoms with Crippen LogP contribution in [0.2, 0.25) is 0 Å². The van der Waals surface area contributed by atoms with E-state index in [1.54, 1.807) is 6.07 Å². The molecule has 108 valence electrons.